The summed E-state index contributed by atoms with van der Waals surface area (Å²) in [5.41, 5.74) is 1.01. The summed E-state index contributed by atoms with van der Waals surface area (Å²) in [5.74, 6) is 0.0361. The second-order valence-electron chi connectivity index (χ2n) is 4.04. The molecule has 0 aliphatic rings. The minimum atomic E-state index is -0.198. The molecule has 1 aromatic rings. The van der Waals surface area contributed by atoms with Crippen LogP contribution in [0.5, 0.6) is 5.75 Å². The van der Waals surface area contributed by atoms with Crippen molar-refractivity contribution < 1.29 is 14.6 Å². The smallest absolute Gasteiger partial charge is 0.306 e. The molecule has 0 spiro atoms. The van der Waals surface area contributed by atoms with Gasteiger partial charge in [-0.05, 0) is 31.0 Å². The second-order valence-corrected chi connectivity index (χ2v) is 4.04. The Hall–Kier alpha value is -1.77. The first-order valence-corrected chi connectivity index (χ1v) is 6.28. The van der Waals surface area contributed by atoms with Gasteiger partial charge in [-0.1, -0.05) is 31.2 Å². The highest BCUT2D eigenvalue weighted by molar-refractivity contribution is 5.71. The number of benzene rings is 1. The van der Waals surface area contributed by atoms with Gasteiger partial charge in [0.2, 0.25) is 0 Å². The Morgan fingerprint density at radius 1 is 1.33 bits per heavy atom. The number of phenolic OH excluding ortho intramolecular Hbond substituents is 1. The molecule has 0 saturated carbocycles. The summed E-state index contributed by atoms with van der Waals surface area (Å²) in [6.07, 6.45) is 5.31. The van der Waals surface area contributed by atoms with Crippen LogP contribution in [-0.4, -0.2) is 17.7 Å². The zero-order chi connectivity index (χ0) is 13.4. The monoisotopic (exact) mass is 248 g/mol. The van der Waals surface area contributed by atoms with Crippen LogP contribution in [0.2, 0.25) is 0 Å². The van der Waals surface area contributed by atoms with E-state index in [1.807, 2.05) is 24.3 Å². The van der Waals surface area contributed by atoms with Crippen LogP contribution in [0.25, 0.3) is 0 Å². The third-order valence-corrected chi connectivity index (χ3v) is 2.62. The molecular weight excluding hydrogens is 228 g/mol. The van der Waals surface area contributed by atoms with E-state index in [0.29, 0.717) is 13.0 Å². The highest BCUT2D eigenvalue weighted by atomic mass is 16.5. The van der Waals surface area contributed by atoms with Crippen molar-refractivity contribution in [2.24, 2.45) is 0 Å². The third kappa shape index (κ3) is 4.62. The number of ether oxygens (including phenoxy) is 1. The van der Waals surface area contributed by atoms with Crippen molar-refractivity contribution in [2.75, 3.05) is 6.61 Å². The minimum absolute atomic E-state index is 0.00426. The van der Waals surface area contributed by atoms with Gasteiger partial charge in [-0.15, -0.1) is 0 Å². The Bertz CT molecular complexity index is 393. The Morgan fingerprint density at radius 2 is 2.00 bits per heavy atom. The van der Waals surface area contributed by atoms with Crippen LogP contribution in [0.3, 0.4) is 0 Å². The van der Waals surface area contributed by atoms with Crippen molar-refractivity contribution >= 4 is 5.97 Å². The topological polar surface area (TPSA) is 46.5 Å². The Balaban J connectivity index is 2.80. The average Bonchev–Trinajstić information content (AvgIpc) is 2.36. The molecule has 0 bridgehead atoms. The summed E-state index contributed by atoms with van der Waals surface area (Å²) in [7, 11) is 0. The van der Waals surface area contributed by atoms with Gasteiger partial charge >= 0.3 is 5.97 Å². The van der Waals surface area contributed by atoms with E-state index in [9.17, 15) is 9.90 Å². The molecule has 0 aliphatic carbocycles. The number of aromatic hydroxyl groups is 1. The summed E-state index contributed by atoms with van der Waals surface area (Å²) >= 11 is 0. The van der Waals surface area contributed by atoms with Crippen LogP contribution < -0.4 is 0 Å². The lowest BCUT2D eigenvalue weighted by Gasteiger charge is -2.12. The van der Waals surface area contributed by atoms with Gasteiger partial charge < -0.3 is 9.84 Å². The van der Waals surface area contributed by atoms with Gasteiger partial charge in [-0.25, -0.2) is 0 Å². The average molecular weight is 248 g/mol. The molecule has 98 valence electrons. The molecule has 0 saturated heterocycles. The van der Waals surface area contributed by atoms with Crippen LogP contribution in [0.4, 0.5) is 0 Å². The molecule has 1 N–H and O–H groups in total. The van der Waals surface area contributed by atoms with E-state index in [1.54, 1.807) is 19.1 Å². The van der Waals surface area contributed by atoms with E-state index >= 15 is 0 Å². The summed E-state index contributed by atoms with van der Waals surface area (Å²) in [5, 5.41) is 9.27. The SMILES string of the molecule is CC/C=C/[C@H](CC(=O)OCC)c1ccc(O)cc1. The van der Waals surface area contributed by atoms with E-state index in [1.165, 1.54) is 0 Å². The second kappa shape index (κ2) is 7.54. The molecule has 1 atom stereocenters. The zero-order valence-corrected chi connectivity index (χ0v) is 10.9. The number of hydrogen-bond donors (Lipinski definition) is 1. The first-order valence-electron chi connectivity index (χ1n) is 6.28. The Labute approximate surface area is 108 Å². The molecule has 18 heavy (non-hydrogen) atoms. The molecular formula is C15H20O3. The van der Waals surface area contributed by atoms with Crippen LogP contribution in [-0.2, 0) is 9.53 Å². The van der Waals surface area contributed by atoms with Gasteiger partial charge in [-0.3, -0.25) is 4.79 Å². The molecule has 0 aliphatic heterocycles. The van der Waals surface area contributed by atoms with Crippen molar-refractivity contribution in [2.45, 2.75) is 32.6 Å². The van der Waals surface area contributed by atoms with Gasteiger partial charge in [0, 0.05) is 5.92 Å². The predicted octanol–water partition coefficient (Wildman–Crippen LogP) is 3.40. The fraction of sp³-hybridized carbons (Fsp3) is 0.400. The molecule has 0 radical (unpaired) electrons. The van der Waals surface area contributed by atoms with E-state index in [4.69, 9.17) is 4.74 Å². The van der Waals surface area contributed by atoms with Gasteiger partial charge in [0.25, 0.3) is 0 Å². The lowest BCUT2D eigenvalue weighted by molar-refractivity contribution is -0.143. The Kier molecular flexibility index (Phi) is 5.98. The van der Waals surface area contributed by atoms with E-state index in [0.717, 1.165) is 12.0 Å². The Morgan fingerprint density at radius 3 is 2.56 bits per heavy atom. The van der Waals surface area contributed by atoms with Gasteiger partial charge in [0.15, 0.2) is 0 Å². The minimum Gasteiger partial charge on any atom is -0.508 e. The molecule has 0 unspecified atom stereocenters. The molecule has 0 heterocycles. The number of carbonyl (C=O) groups excluding carboxylic acids is 1. The molecule has 1 aromatic carbocycles. The zero-order valence-electron chi connectivity index (χ0n) is 10.9. The van der Waals surface area contributed by atoms with Crippen molar-refractivity contribution in [1.82, 2.24) is 0 Å². The summed E-state index contributed by atoms with van der Waals surface area (Å²) in [6.45, 7) is 4.25. The normalized spacial score (nSPS) is 12.6. The highest BCUT2D eigenvalue weighted by Crippen LogP contribution is 2.24. The van der Waals surface area contributed by atoms with Crippen LogP contribution >= 0.6 is 0 Å². The van der Waals surface area contributed by atoms with Crippen molar-refractivity contribution in [3.8, 4) is 5.75 Å². The maximum absolute atomic E-state index is 11.6. The summed E-state index contributed by atoms with van der Waals surface area (Å²) in [6, 6.07) is 6.93. The van der Waals surface area contributed by atoms with E-state index in [2.05, 4.69) is 6.92 Å². The molecule has 3 nitrogen and oxygen atoms in total. The van der Waals surface area contributed by atoms with Gasteiger partial charge in [-0.2, -0.15) is 0 Å². The van der Waals surface area contributed by atoms with Crippen LogP contribution in [0.1, 0.15) is 38.2 Å². The van der Waals surface area contributed by atoms with Gasteiger partial charge in [0.05, 0.1) is 13.0 Å². The molecule has 3 heteroatoms. The van der Waals surface area contributed by atoms with Gasteiger partial charge in [0.1, 0.15) is 5.75 Å². The van der Waals surface area contributed by atoms with E-state index in [-0.39, 0.29) is 17.6 Å². The fourth-order valence-corrected chi connectivity index (χ4v) is 1.72. The van der Waals surface area contributed by atoms with Crippen LogP contribution in [0.15, 0.2) is 36.4 Å². The van der Waals surface area contributed by atoms with Crippen LogP contribution in [0, 0.1) is 0 Å². The summed E-state index contributed by atoms with van der Waals surface area (Å²) in [4.78, 5) is 11.6. The summed E-state index contributed by atoms with van der Waals surface area (Å²) < 4.78 is 4.98. The quantitative estimate of drug-likeness (QED) is 0.620. The standard InChI is InChI=1S/C15H20O3/c1-3-5-6-13(11-15(17)18-4-2)12-7-9-14(16)10-8-12/h5-10,13,16H,3-4,11H2,1-2H3/b6-5+/t13-/m1/s1. The number of allylic oxidation sites excluding steroid dienone is 2. The first-order chi connectivity index (χ1) is 8.67. The molecule has 0 amide bonds. The lowest BCUT2D eigenvalue weighted by atomic mass is 9.95. The van der Waals surface area contributed by atoms with E-state index < -0.39 is 0 Å². The predicted molar refractivity (Wildman–Crippen MR) is 71.5 cm³/mol. The fourth-order valence-electron chi connectivity index (χ4n) is 1.72. The maximum Gasteiger partial charge on any atom is 0.306 e. The number of phenols is 1. The third-order valence-electron chi connectivity index (χ3n) is 2.62. The number of rotatable bonds is 6. The number of esters is 1. The molecule has 0 aromatic heterocycles. The first kappa shape index (κ1) is 14.3. The largest absolute Gasteiger partial charge is 0.508 e. The lowest BCUT2D eigenvalue weighted by Crippen LogP contribution is -2.09. The molecule has 1 rings (SSSR count). The number of hydrogen-bond acceptors (Lipinski definition) is 3. The molecule has 0 fully saturated rings. The maximum atomic E-state index is 11.6. The van der Waals surface area contributed by atoms with Crippen molar-refractivity contribution in [3.63, 3.8) is 0 Å². The van der Waals surface area contributed by atoms with Crippen molar-refractivity contribution in [1.29, 1.82) is 0 Å². The number of carbonyl (C=O) groups is 1. The highest BCUT2D eigenvalue weighted by Gasteiger charge is 2.14. The van der Waals surface area contributed by atoms with Crippen molar-refractivity contribution in [3.05, 3.63) is 42.0 Å².